The average molecular weight is 394 g/mol. The summed E-state index contributed by atoms with van der Waals surface area (Å²) in [4.78, 5) is 11.8. The van der Waals surface area contributed by atoms with Crippen molar-refractivity contribution < 1.29 is 18.0 Å². The summed E-state index contributed by atoms with van der Waals surface area (Å²) < 4.78 is 41.5. The highest BCUT2D eigenvalue weighted by Gasteiger charge is 2.44. The number of rotatable bonds is 7. The van der Waals surface area contributed by atoms with E-state index in [1.54, 1.807) is 13.8 Å². The summed E-state index contributed by atoms with van der Waals surface area (Å²) in [5, 5.41) is 10.3. The first-order chi connectivity index (χ1) is 11.5. The average Bonchev–Trinajstić information content (AvgIpc) is 2.46. The highest BCUT2D eigenvalue weighted by Crippen LogP contribution is 2.41. The van der Waals surface area contributed by atoms with Crippen LogP contribution in [0.15, 0.2) is 35.2 Å². The molecule has 0 aromatic heterocycles. The second kappa shape index (κ2) is 9.26. The highest BCUT2D eigenvalue weighted by molar-refractivity contribution is 8.01. The van der Waals surface area contributed by atoms with Crippen molar-refractivity contribution in [3.8, 4) is 0 Å². The van der Waals surface area contributed by atoms with Crippen LogP contribution in [0.3, 0.4) is 0 Å². The monoisotopic (exact) mass is 393 g/mol. The van der Waals surface area contributed by atoms with Crippen LogP contribution < -0.4 is 5.32 Å². The highest BCUT2D eigenvalue weighted by atomic mass is 35.5. The Morgan fingerprint density at radius 1 is 1.32 bits per heavy atom. The van der Waals surface area contributed by atoms with Gasteiger partial charge in [-0.15, -0.1) is 0 Å². The molecule has 25 heavy (non-hydrogen) atoms. The lowest BCUT2D eigenvalue weighted by Gasteiger charge is -2.29. The van der Waals surface area contributed by atoms with Crippen molar-refractivity contribution in [2.75, 3.05) is 7.05 Å². The Bertz CT molecular complexity index is 633. The van der Waals surface area contributed by atoms with Crippen molar-refractivity contribution in [2.45, 2.75) is 32.1 Å². The molecule has 0 aliphatic carbocycles. The number of benzene rings is 1. The van der Waals surface area contributed by atoms with Gasteiger partial charge in [-0.3, -0.25) is 4.79 Å². The zero-order valence-electron chi connectivity index (χ0n) is 13.9. The molecule has 0 radical (unpaired) electrons. The van der Waals surface area contributed by atoms with Crippen molar-refractivity contribution in [1.29, 1.82) is 5.41 Å². The van der Waals surface area contributed by atoms with Gasteiger partial charge < -0.3 is 10.7 Å². The molecule has 0 bridgehead atoms. The second-order valence-electron chi connectivity index (χ2n) is 5.49. The summed E-state index contributed by atoms with van der Waals surface area (Å²) in [5.41, 5.74) is 0.0165. The second-order valence-corrected chi connectivity index (χ2v) is 7.15. The third kappa shape index (κ3) is 7.09. The fraction of sp³-hybridized carbons (Fsp3) is 0.375. The van der Waals surface area contributed by atoms with Crippen LogP contribution in [-0.4, -0.2) is 35.7 Å². The summed E-state index contributed by atoms with van der Waals surface area (Å²) in [6.07, 6.45) is -2.59. The van der Waals surface area contributed by atoms with Gasteiger partial charge in [0.05, 0.1) is 0 Å². The molecule has 0 aliphatic heterocycles. The fourth-order valence-electron chi connectivity index (χ4n) is 2.02. The lowest BCUT2D eigenvalue weighted by molar-refractivity contribution is -0.169. The zero-order chi connectivity index (χ0) is 19.2. The number of hydrogen-bond acceptors (Lipinski definition) is 4. The van der Waals surface area contributed by atoms with Gasteiger partial charge in [0, 0.05) is 28.3 Å². The van der Waals surface area contributed by atoms with Gasteiger partial charge in [0.2, 0.25) is 5.91 Å². The summed E-state index contributed by atoms with van der Waals surface area (Å²) >= 11 is 6.40. The molecule has 1 aromatic rings. The number of hydrogen-bond donors (Lipinski definition) is 2. The maximum Gasteiger partial charge on any atom is 0.408 e. The van der Waals surface area contributed by atoms with Gasteiger partial charge >= 0.3 is 6.18 Å². The molecule has 1 aromatic carbocycles. The first-order valence-corrected chi connectivity index (χ1v) is 8.45. The smallest absolute Gasteiger partial charge is 0.350 e. The van der Waals surface area contributed by atoms with Gasteiger partial charge in [-0.2, -0.15) is 13.2 Å². The Labute approximate surface area is 154 Å². The Kier molecular flexibility index (Phi) is 7.98. The Morgan fingerprint density at radius 2 is 1.88 bits per heavy atom. The molecular weight excluding hydrogens is 375 g/mol. The summed E-state index contributed by atoms with van der Waals surface area (Å²) in [5.74, 6) is -0.468. The van der Waals surface area contributed by atoms with Crippen LogP contribution in [0.5, 0.6) is 0 Å². The molecule has 1 atom stereocenters. The fourth-order valence-corrected chi connectivity index (χ4v) is 3.04. The summed E-state index contributed by atoms with van der Waals surface area (Å²) in [6, 6.07) is 3.35. The minimum absolute atomic E-state index is 0.0165. The maximum absolute atomic E-state index is 13.5. The van der Waals surface area contributed by atoms with E-state index in [-0.39, 0.29) is 16.5 Å². The van der Waals surface area contributed by atoms with E-state index in [0.717, 1.165) is 16.6 Å². The largest absolute Gasteiger partial charge is 0.408 e. The molecular formula is C16H19ClF3N3OS. The van der Waals surface area contributed by atoms with Gasteiger partial charge in [-0.25, -0.2) is 4.31 Å². The van der Waals surface area contributed by atoms with E-state index in [1.807, 2.05) is 0 Å². The Hall–Kier alpha value is -1.51. The SMILES string of the molecule is CC(C)NC(=O)/C=C(\C=N)SN(C)[C@H](c1ccc(Cl)cc1)C(F)(F)F. The van der Waals surface area contributed by atoms with Gasteiger partial charge in [-0.05, 0) is 50.5 Å². The number of nitrogens with one attached hydrogen (secondary N) is 2. The topological polar surface area (TPSA) is 56.2 Å². The van der Waals surface area contributed by atoms with Crippen LogP contribution >= 0.6 is 23.5 Å². The van der Waals surface area contributed by atoms with Crippen molar-refractivity contribution in [3.63, 3.8) is 0 Å². The number of allylic oxidation sites excluding steroid dienone is 1. The van der Waals surface area contributed by atoms with Crippen LogP contribution in [0.4, 0.5) is 13.2 Å². The maximum atomic E-state index is 13.5. The van der Waals surface area contributed by atoms with Gasteiger partial charge in [0.25, 0.3) is 0 Å². The predicted molar refractivity (Wildman–Crippen MR) is 95.7 cm³/mol. The van der Waals surface area contributed by atoms with Crippen LogP contribution in [0.2, 0.25) is 5.02 Å². The van der Waals surface area contributed by atoms with E-state index in [1.165, 1.54) is 31.3 Å². The number of carbonyl (C=O) groups excluding carboxylic acids is 1. The Morgan fingerprint density at radius 3 is 2.32 bits per heavy atom. The van der Waals surface area contributed by atoms with Crippen LogP contribution in [0.25, 0.3) is 0 Å². The lowest BCUT2D eigenvalue weighted by Crippen LogP contribution is -2.32. The van der Waals surface area contributed by atoms with Crippen LogP contribution in [0.1, 0.15) is 25.5 Å². The van der Waals surface area contributed by atoms with E-state index in [4.69, 9.17) is 17.0 Å². The van der Waals surface area contributed by atoms with Crippen molar-refractivity contribution in [2.24, 2.45) is 0 Å². The van der Waals surface area contributed by atoms with Gasteiger partial charge in [-0.1, -0.05) is 23.7 Å². The lowest BCUT2D eigenvalue weighted by atomic mass is 10.1. The normalized spacial score (nSPS) is 13.9. The molecule has 138 valence electrons. The molecule has 0 heterocycles. The number of alkyl halides is 3. The number of amides is 1. The van der Waals surface area contributed by atoms with Crippen molar-refractivity contribution in [1.82, 2.24) is 9.62 Å². The molecule has 2 N–H and O–H groups in total. The summed E-state index contributed by atoms with van der Waals surface area (Å²) in [7, 11) is 1.26. The zero-order valence-corrected chi connectivity index (χ0v) is 15.5. The van der Waals surface area contributed by atoms with E-state index >= 15 is 0 Å². The van der Waals surface area contributed by atoms with Crippen LogP contribution in [-0.2, 0) is 4.79 Å². The Balaban J connectivity index is 3.03. The minimum Gasteiger partial charge on any atom is -0.350 e. The molecule has 4 nitrogen and oxygen atoms in total. The van der Waals surface area contributed by atoms with Crippen LogP contribution in [0, 0.1) is 5.41 Å². The van der Waals surface area contributed by atoms with Gasteiger partial charge in [0.1, 0.15) is 6.04 Å². The molecule has 0 fully saturated rings. The van der Waals surface area contributed by atoms with Gasteiger partial charge in [0.15, 0.2) is 0 Å². The number of carbonyl (C=O) groups is 1. The first-order valence-electron chi connectivity index (χ1n) is 7.30. The predicted octanol–water partition coefficient (Wildman–Crippen LogP) is 4.58. The minimum atomic E-state index is -4.54. The van der Waals surface area contributed by atoms with Crippen molar-refractivity contribution >= 4 is 35.7 Å². The molecule has 1 amide bonds. The molecule has 0 saturated carbocycles. The van der Waals surface area contributed by atoms with E-state index in [9.17, 15) is 18.0 Å². The molecule has 1 rings (SSSR count). The third-order valence-corrected chi connectivity index (χ3v) is 4.15. The molecule has 0 spiro atoms. The molecule has 0 saturated heterocycles. The first kappa shape index (κ1) is 21.5. The summed E-state index contributed by atoms with van der Waals surface area (Å²) in [6.45, 7) is 3.52. The van der Waals surface area contributed by atoms with E-state index in [0.29, 0.717) is 17.0 Å². The number of nitrogens with zero attached hydrogens (tertiary/aromatic N) is 1. The quantitative estimate of drug-likeness (QED) is 0.405. The van der Waals surface area contributed by atoms with E-state index in [2.05, 4.69) is 5.32 Å². The third-order valence-electron chi connectivity index (χ3n) is 2.96. The van der Waals surface area contributed by atoms with Crippen molar-refractivity contribution in [3.05, 3.63) is 45.8 Å². The molecule has 9 heteroatoms. The number of halogens is 4. The standard InChI is InChI=1S/C16H19ClF3N3OS/c1-10(2)22-14(24)8-13(9-21)25-23(3)15(16(18,19)20)11-4-6-12(17)7-5-11/h4-10,15,21H,1-3H3,(H,22,24)/b13-8+,21-9?/t15-/m1/s1. The molecule has 0 aliphatic rings. The molecule has 0 unspecified atom stereocenters. The van der Waals surface area contributed by atoms with E-state index < -0.39 is 18.1 Å².